The molecule has 96 valence electrons. The molecule has 0 aliphatic heterocycles. The van der Waals surface area contributed by atoms with E-state index >= 15 is 0 Å². The maximum Gasteiger partial charge on any atom is 0.142 e. The Kier molecular flexibility index (Phi) is 4.66. The number of rotatable bonds is 6. The molecule has 0 aliphatic rings. The van der Waals surface area contributed by atoms with Crippen LogP contribution in [0.25, 0.3) is 0 Å². The molecule has 2 rings (SSSR count). The highest BCUT2D eigenvalue weighted by Crippen LogP contribution is 2.15. The van der Waals surface area contributed by atoms with Crippen LogP contribution in [0.4, 0.5) is 4.39 Å². The molecule has 4 nitrogen and oxygen atoms in total. The molecule has 0 aliphatic carbocycles. The number of aryl methyl sites for hydroxylation is 1. The minimum atomic E-state index is -0.377. The van der Waals surface area contributed by atoms with Crippen LogP contribution >= 0.6 is 11.6 Å². The molecule has 1 aromatic heterocycles. The third kappa shape index (κ3) is 3.78. The van der Waals surface area contributed by atoms with Gasteiger partial charge in [0.05, 0.1) is 5.02 Å². The number of aromatic amines is 1. The predicted octanol–water partition coefficient (Wildman–Crippen LogP) is 2.32. The van der Waals surface area contributed by atoms with Crippen LogP contribution in [-0.2, 0) is 13.0 Å². The summed E-state index contributed by atoms with van der Waals surface area (Å²) in [5.74, 6) is 0.506. The molecular formula is C12H14ClFN4. The number of hydrogen-bond acceptors (Lipinski definition) is 3. The Morgan fingerprint density at radius 1 is 1.39 bits per heavy atom. The summed E-state index contributed by atoms with van der Waals surface area (Å²) in [5, 5.41) is 9.98. The number of halogens is 2. The zero-order chi connectivity index (χ0) is 12.8. The van der Waals surface area contributed by atoms with Crippen LogP contribution in [0.3, 0.4) is 0 Å². The summed E-state index contributed by atoms with van der Waals surface area (Å²) in [5.41, 5.74) is 0.886. The van der Waals surface area contributed by atoms with Crippen LogP contribution in [0.5, 0.6) is 0 Å². The minimum absolute atomic E-state index is 0.157. The van der Waals surface area contributed by atoms with E-state index in [0.717, 1.165) is 30.8 Å². The third-order valence-electron chi connectivity index (χ3n) is 2.55. The second-order valence-corrected chi connectivity index (χ2v) is 4.37. The molecule has 0 fully saturated rings. The molecule has 0 amide bonds. The lowest BCUT2D eigenvalue weighted by Crippen LogP contribution is -2.15. The largest absolute Gasteiger partial charge is 0.313 e. The Labute approximate surface area is 110 Å². The van der Waals surface area contributed by atoms with Crippen molar-refractivity contribution in [2.75, 3.05) is 6.54 Å². The van der Waals surface area contributed by atoms with Crippen LogP contribution in [0.15, 0.2) is 24.5 Å². The predicted molar refractivity (Wildman–Crippen MR) is 67.8 cm³/mol. The average molecular weight is 269 g/mol. The number of nitrogens with one attached hydrogen (secondary N) is 2. The zero-order valence-corrected chi connectivity index (χ0v) is 10.5. The van der Waals surface area contributed by atoms with Gasteiger partial charge in [0.2, 0.25) is 0 Å². The first-order chi connectivity index (χ1) is 8.75. The van der Waals surface area contributed by atoms with Gasteiger partial charge >= 0.3 is 0 Å². The number of H-pyrrole nitrogens is 1. The molecule has 1 aromatic carbocycles. The fourth-order valence-corrected chi connectivity index (χ4v) is 1.73. The highest BCUT2D eigenvalue weighted by Gasteiger charge is 2.01. The fourth-order valence-electron chi connectivity index (χ4n) is 1.61. The van der Waals surface area contributed by atoms with Gasteiger partial charge in [-0.15, -0.1) is 0 Å². The van der Waals surface area contributed by atoms with Gasteiger partial charge in [-0.1, -0.05) is 17.7 Å². The molecule has 0 bridgehead atoms. The maximum atomic E-state index is 13.2. The molecule has 6 heteroatoms. The first-order valence-corrected chi connectivity index (χ1v) is 6.12. The van der Waals surface area contributed by atoms with Crippen LogP contribution in [0.1, 0.15) is 17.8 Å². The van der Waals surface area contributed by atoms with Gasteiger partial charge in [0, 0.05) is 13.0 Å². The Hall–Kier alpha value is -1.46. The van der Waals surface area contributed by atoms with Gasteiger partial charge in [-0.3, -0.25) is 5.10 Å². The quantitative estimate of drug-likeness (QED) is 0.791. The van der Waals surface area contributed by atoms with Crippen molar-refractivity contribution in [1.82, 2.24) is 20.5 Å². The van der Waals surface area contributed by atoms with Crippen molar-refractivity contribution in [2.45, 2.75) is 19.4 Å². The van der Waals surface area contributed by atoms with E-state index in [4.69, 9.17) is 11.6 Å². The Bertz CT molecular complexity index is 487. The lowest BCUT2D eigenvalue weighted by atomic mass is 10.2. The molecule has 0 radical (unpaired) electrons. The summed E-state index contributed by atoms with van der Waals surface area (Å²) in [4.78, 5) is 4.03. The summed E-state index contributed by atoms with van der Waals surface area (Å²) in [6, 6.07) is 4.84. The lowest BCUT2D eigenvalue weighted by Gasteiger charge is -2.05. The Morgan fingerprint density at radius 2 is 2.28 bits per heavy atom. The van der Waals surface area contributed by atoms with Gasteiger partial charge in [0.15, 0.2) is 0 Å². The molecule has 0 spiro atoms. The molecule has 2 N–H and O–H groups in total. The lowest BCUT2D eigenvalue weighted by molar-refractivity contribution is 0.614. The molecule has 0 saturated heterocycles. The van der Waals surface area contributed by atoms with Gasteiger partial charge in [0.1, 0.15) is 18.0 Å². The number of aromatic nitrogens is 3. The van der Waals surface area contributed by atoms with Crippen molar-refractivity contribution in [3.63, 3.8) is 0 Å². The van der Waals surface area contributed by atoms with E-state index in [1.807, 2.05) is 6.07 Å². The normalized spacial score (nSPS) is 10.8. The van der Waals surface area contributed by atoms with E-state index in [0.29, 0.717) is 6.54 Å². The van der Waals surface area contributed by atoms with Gasteiger partial charge in [-0.2, -0.15) is 5.10 Å². The van der Waals surface area contributed by atoms with E-state index in [2.05, 4.69) is 20.5 Å². The highest BCUT2D eigenvalue weighted by molar-refractivity contribution is 6.30. The standard InChI is InChI=1S/C12H14ClFN4/c13-10-4-3-9(6-11(10)14)7-15-5-1-2-12-16-8-17-18-12/h3-4,6,8,15H,1-2,5,7H2,(H,16,17,18). The molecule has 2 aromatic rings. The molecular weight excluding hydrogens is 255 g/mol. The second-order valence-electron chi connectivity index (χ2n) is 3.96. The van der Waals surface area contributed by atoms with Crippen molar-refractivity contribution >= 4 is 11.6 Å². The number of hydrogen-bond donors (Lipinski definition) is 2. The van der Waals surface area contributed by atoms with Crippen LogP contribution in [0.2, 0.25) is 5.02 Å². The first-order valence-electron chi connectivity index (χ1n) is 5.74. The van der Waals surface area contributed by atoms with Crippen molar-refractivity contribution in [3.05, 3.63) is 46.8 Å². The molecule has 0 atom stereocenters. The number of benzene rings is 1. The van der Waals surface area contributed by atoms with E-state index in [1.54, 1.807) is 6.07 Å². The van der Waals surface area contributed by atoms with Crippen LogP contribution in [-0.4, -0.2) is 21.7 Å². The van der Waals surface area contributed by atoms with Gasteiger partial charge < -0.3 is 5.32 Å². The van der Waals surface area contributed by atoms with Crippen molar-refractivity contribution in [1.29, 1.82) is 0 Å². The van der Waals surface area contributed by atoms with E-state index in [1.165, 1.54) is 12.4 Å². The van der Waals surface area contributed by atoms with Gasteiger partial charge in [-0.05, 0) is 30.7 Å². The van der Waals surface area contributed by atoms with Crippen molar-refractivity contribution in [2.24, 2.45) is 0 Å². The summed E-state index contributed by atoms with van der Waals surface area (Å²) in [7, 11) is 0. The smallest absolute Gasteiger partial charge is 0.142 e. The van der Waals surface area contributed by atoms with Crippen LogP contribution in [0, 0.1) is 5.82 Å². The Balaban J connectivity index is 1.67. The highest BCUT2D eigenvalue weighted by atomic mass is 35.5. The van der Waals surface area contributed by atoms with Gasteiger partial charge in [-0.25, -0.2) is 9.37 Å². The number of nitrogens with zero attached hydrogens (tertiary/aromatic N) is 2. The van der Waals surface area contributed by atoms with Gasteiger partial charge in [0.25, 0.3) is 0 Å². The first kappa shape index (κ1) is 13.0. The molecule has 1 heterocycles. The van der Waals surface area contributed by atoms with Crippen molar-refractivity contribution in [3.8, 4) is 0 Å². The second kappa shape index (κ2) is 6.47. The monoisotopic (exact) mass is 268 g/mol. The van der Waals surface area contributed by atoms with Crippen LogP contribution < -0.4 is 5.32 Å². The molecule has 18 heavy (non-hydrogen) atoms. The van der Waals surface area contributed by atoms with E-state index in [-0.39, 0.29) is 10.8 Å². The summed E-state index contributed by atoms with van der Waals surface area (Å²) < 4.78 is 13.2. The molecule has 0 saturated carbocycles. The third-order valence-corrected chi connectivity index (χ3v) is 2.85. The summed E-state index contributed by atoms with van der Waals surface area (Å²) in [6.45, 7) is 1.47. The minimum Gasteiger partial charge on any atom is -0.313 e. The van der Waals surface area contributed by atoms with E-state index in [9.17, 15) is 4.39 Å². The Morgan fingerprint density at radius 3 is 3.00 bits per heavy atom. The fraction of sp³-hybridized carbons (Fsp3) is 0.333. The van der Waals surface area contributed by atoms with E-state index < -0.39 is 0 Å². The summed E-state index contributed by atoms with van der Waals surface area (Å²) in [6.07, 6.45) is 3.30. The zero-order valence-electron chi connectivity index (χ0n) is 9.79. The summed E-state index contributed by atoms with van der Waals surface area (Å²) >= 11 is 5.61. The average Bonchev–Trinajstić information content (AvgIpc) is 2.86. The van der Waals surface area contributed by atoms with Crippen molar-refractivity contribution < 1.29 is 4.39 Å². The SMILES string of the molecule is Fc1cc(CNCCCc2ncn[nH]2)ccc1Cl. The molecule has 0 unspecified atom stereocenters. The topological polar surface area (TPSA) is 53.6 Å². The maximum absolute atomic E-state index is 13.2.